The fourth-order valence-electron chi connectivity index (χ4n) is 4.26. The van der Waals surface area contributed by atoms with Gasteiger partial charge < -0.3 is 25.8 Å². The van der Waals surface area contributed by atoms with Gasteiger partial charge in [-0.25, -0.2) is 4.98 Å². The van der Waals surface area contributed by atoms with E-state index in [4.69, 9.17) is 10.4 Å². The molecule has 0 unspecified atom stereocenters. The standard InChI is InChI=1S/C25H30N8O/c1-16(18-12-17-6-3-4-9-20(17)27-14-18)28-24-23(29-19-7-5-8-19)21(13-26)30-25(31-24)33-11-10-32(2)22(34)15-33/h3-4,6,9,12-14,16,19,26,29H,5,7-8,10-11,15H2,1-2H3,(H,28,30,31)/t16-/m1/s1. The van der Waals surface area contributed by atoms with Crippen molar-refractivity contribution in [2.24, 2.45) is 0 Å². The van der Waals surface area contributed by atoms with Crippen molar-refractivity contribution in [3.8, 4) is 0 Å². The molecule has 0 radical (unpaired) electrons. The predicted molar refractivity (Wildman–Crippen MR) is 135 cm³/mol. The first kappa shape index (κ1) is 22.1. The maximum atomic E-state index is 12.3. The molecular formula is C25H30N8O. The van der Waals surface area contributed by atoms with Gasteiger partial charge in [-0.15, -0.1) is 0 Å². The van der Waals surface area contributed by atoms with E-state index in [0.717, 1.165) is 35.0 Å². The molecule has 2 aromatic heterocycles. The number of nitrogens with one attached hydrogen (secondary N) is 3. The number of anilines is 3. The number of piperazine rings is 1. The Bertz CT molecular complexity index is 1220. The van der Waals surface area contributed by atoms with Crippen LogP contribution >= 0.6 is 0 Å². The predicted octanol–water partition coefficient (Wildman–Crippen LogP) is 3.44. The van der Waals surface area contributed by atoms with E-state index in [9.17, 15) is 4.79 Å². The molecule has 5 rings (SSSR count). The lowest BCUT2D eigenvalue weighted by atomic mass is 9.93. The van der Waals surface area contributed by atoms with Crippen LogP contribution in [0.3, 0.4) is 0 Å². The first-order valence-electron chi connectivity index (χ1n) is 11.8. The molecule has 0 spiro atoms. The van der Waals surface area contributed by atoms with Crippen molar-refractivity contribution < 1.29 is 4.79 Å². The zero-order valence-corrected chi connectivity index (χ0v) is 19.6. The number of nitrogens with zero attached hydrogens (tertiary/aromatic N) is 5. The number of para-hydroxylation sites is 1. The van der Waals surface area contributed by atoms with Gasteiger partial charge in [0.25, 0.3) is 0 Å². The molecule has 0 bridgehead atoms. The average Bonchev–Trinajstić information content (AvgIpc) is 2.83. The number of pyridine rings is 1. The summed E-state index contributed by atoms with van der Waals surface area (Å²) in [5.41, 5.74) is 3.26. The number of carbonyl (C=O) groups excluding carboxylic acids is 1. The Kier molecular flexibility index (Phi) is 6.00. The topological polar surface area (TPSA) is 110 Å². The minimum atomic E-state index is -0.0745. The van der Waals surface area contributed by atoms with E-state index >= 15 is 0 Å². The number of fused-ring (bicyclic) bond motifs is 1. The van der Waals surface area contributed by atoms with E-state index < -0.39 is 0 Å². The van der Waals surface area contributed by atoms with E-state index in [0.29, 0.717) is 36.6 Å². The Morgan fingerprint density at radius 2 is 2.03 bits per heavy atom. The second kappa shape index (κ2) is 9.24. The lowest BCUT2D eigenvalue weighted by molar-refractivity contribution is -0.129. The number of rotatable bonds is 7. The van der Waals surface area contributed by atoms with E-state index in [1.165, 1.54) is 12.6 Å². The van der Waals surface area contributed by atoms with Crippen LogP contribution in [0.1, 0.15) is 43.5 Å². The molecule has 1 atom stereocenters. The fraction of sp³-hybridized carbons (Fsp3) is 0.400. The zero-order valence-electron chi connectivity index (χ0n) is 19.6. The Morgan fingerprint density at radius 3 is 2.76 bits per heavy atom. The number of likely N-dealkylation sites (N-methyl/N-ethyl adjacent to an activating group) is 1. The second-order valence-corrected chi connectivity index (χ2v) is 9.11. The van der Waals surface area contributed by atoms with Crippen LogP contribution in [0.4, 0.5) is 17.5 Å². The van der Waals surface area contributed by atoms with Crippen molar-refractivity contribution in [1.29, 1.82) is 5.41 Å². The molecule has 1 aliphatic heterocycles. The fourth-order valence-corrected chi connectivity index (χ4v) is 4.26. The van der Waals surface area contributed by atoms with Crippen molar-refractivity contribution in [3.63, 3.8) is 0 Å². The normalized spacial score (nSPS) is 17.4. The molecule has 1 aliphatic carbocycles. The molecule has 2 aliphatic rings. The van der Waals surface area contributed by atoms with Gasteiger partial charge in [-0.05, 0) is 43.9 Å². The molecule has 9 heteroatoms. The van der Waals surface area contributed by atoms with Gasteiger partial charge in [0.2, 0.25) is 11.9 Å². The Morgan fingerprint density at radius 1 is 1.21 bits per heavy atom. The van der Waals surface area contributed by atoms with Crippen LogP contribution in [0.25, 0.3) is 10.9 Å². The van der Waals surface area contributed by atoms with Crippen LogP contribution in [0.2, 0.25) is 0 Å². The summed E-state index contributed by atoms with van der Waals surface area (Å²) in [6.07, 6.45) is 6.53. The van der Waals surface area contributed by atoms with Gasteiger partial charge in [-0.1, -0.05) is 18.2 Å². The average molecular weight is 459 g/mol. The van der Waals surface area contributed by atoms with Gasteiger partial charge >= 0.3 is 0 Å². The van der Waals surface area contributed by atoms with Gasteiger partial charge in [-0.3, -0.25) is 9.78 Å². The quantitative estimate of drug-likeness (QED) is 0.465. The zero-order chi connectivity index (χ0) is 23.7. The van der Waals surface area contributed by atoms with Crippen molar-refractivity contribution in [2.75, 3.05) is 42.2 Å². The first-order chi connectivity index (χ1) is 16.5. The van der Waals surface area contributed by atoms with Crippen LogP contribution in [0.5, 0.6) is 0 Å². The highest BCUT2D eigenvalue weighted by Gasteiger charge is 2.27. The van der Waals surface area contributed by atoms with Gasteiger partial charge in [0.05, 0.1) is 18.1 Å². The molecule has 1 saturated heterocycles. The summed E-state index contributed by atoms with van der Waals surface area (Å²) >= 11 is 0. The summed E-state index contributed by atoms with van der Waals surface area (Å²) in [6.45, 7) is 3.57. The summed E-state index contributed by atoms with van der Waals surface area (Å²) in [7, 11) is 1.81. The third-order valence-corrected chi connectivity index (χ3v) is 6.72. The molecule has 1 amide bonds. The molecule has 3 aromatic rings. The number of hydrogen-bond acceptors (Lipinski definition) is 8. The SMILES string of the molecule is C[C@@H](Nc1nc(N2CCN(C)C(=O)C2)nc(C=N)c1NC1CCC1)c1cnc2ccccc2c1. The maximum absolute atomic E-state index is 12.3. The minimum Gasteiger partial charge on any atom is -0.378 e. The van der Waals surface area contributed by atoms with Gasteiger partial charge in [-0.2, -0.15) is 4.98 Å². The van der Waals surface area contributed by atoms with Crippen LogP contribution in [0, 0.1) is 5.41 Å². The molecule has 176 valence electrons. The molecule has 2 fully saturated rings. The smallest absolute Gasteiger partial charge is 0.242 e. The Hall–Kier alpha value is -3.75. The Balaban J connectivity index is 1.49. The minimum absolute atomic E-state index is 0.0352. The third-order valence-electron chi connectivity index (χ3n) is 6.72. The van der Waals surface area contributed by atoms with E-state index in [1.807, 2.05) is 29.3 Å². The van der Waals surface area contributed by atoms with Crippen LogP contribution < -0.4 is 15.5 Å². The molecule has 3 heterocycles. The molecule has 34 heavy (non-hydrogen) atoms. The van der Waals surface area contributed by atoms with Crippen molar-refractivity contribution in [3.05, 3.63) is 47.8 Å². The summed E-state index contributed by atoms with van der Waals surface area (Å²) in [5.74, 6) is 1.14. The summed E-state index contributed by atoms with van der Waals surface area (Å²) in [6, 6.07) is 10.5. The molecule has 1 aromatic carbocycles. The maximum Gasteiger partial charge on any atom is 0.242 e. The number of benzene rings is 1. The lowest BCUT2D eigenvalue weighted by Crippen LogP contribution is -2.49. The largest absolute Gasteiger partial charge is 0.378 e. The number of hydrogen-bond donors (Lipinski definition) is 3. The third kappa shape index (κ3) is 4.37. The van der Waals surface area contributed by atoms with Crippen molar-refractivity contribution in [2.45, 2.75) is 38.3 Å². The molecule has 9 nitrogen and oxygen atoms in total. The summed E-state index contributed by atoms with van der Waals surface area (Å²) in [4.78, 5) is 30.0. The van der Waals surface area contributed by atoms with Crippen molar-refractivity contribution >= 4 is 40.5 Å². The number of amides is 1. The van der Waals surface area contributed by atoms with Gasteiger partial charge in [0, 0.05) is 44.0 Å². The molecular weight excluding hydrogens is 428 g/mol. The van der Waals surface area contributed by atoms with Gasteiger partial charge in [0.1, 0.15) is 11.4 Å². The Labute approximate surface area is 199 Å². The van der Waals surface area contributed by atoms with Crippen LogP contribution in [-0.4, -0.2) is 64.7 Å². The van der Waals surface area contributed by atoms with Crippen LogP contribution in [0.15, 0.2) is 36.5 Å². The highest BCUT2D eigenvalue weighted by atomic mass is 16.2. The molecule has 3 N–H and O–H groups in total. The number of carbonyl (C=O) groups is 1. The lowest BCUT2D eigenvalue weighted by Gasteiger charge is -2.33. The van der Waals surface area contributed by atoms with E-state index in [1.54, 1.807) is 11.9 Å². The van der Waals surface area contributed by atoms with E-state index in [-0.39, 0.29) is 18.5 Å². The highest BCUT2D eigenvalue weighted by Crippen LogP contribution is 2.33. The number of aromatic nitrogens is 3. The van der Waals surface area contributed by atoms with Crippen LogP contribution in [-0.2, 0) is 4.79 Å². The summed E-state index contributed by atoms with van der Waals surface area (Å²) < 4.78 is 0. The van der Waals surface area contributed by atoms with Crippen molar-refractivity contribution in [1.82, 2.24) is 19.9 Å². The highest BCUT2D eigenvalue weighted by molar-refractivity contribution is 5.89. The molecule has 1 saturated carbocycles. The second-order valence-electron chi connectivity index (χ2n) is 9.11. The first-order valence-corrected chi connectivity index (χ1v) is 11.8. The van der Waals surface area contributed by atoms with Gasteiger partial charge in [0.15, 0.2) is 5.82 Å². The van der Waals surface area contributed by atoms with E-state index in [2.05, 4.69) is 39.7 Å². The monoisotopic (exact) mass is 458 g/mol. The summed E-state index contributed by atoms with van der Waals surface area (Å²) in [5, 5.41) is 16.2.